The first-order chi connectivity index (χ1) is 20.3. The molecule has 1 aromatic rings. The lowest BCUT2D eigenvalue weighted by Gasteiger charge is -2.52. The molecule has 1 aromatic carbocycles. The number of hydrogen-bond acceptors (Lipinski definition) is 3. The summed E-state index contributed by atoms with van der Waals surface area (Å²) in [7, 11) is 0. The molecule has 1 saturated heterocycles. The Morgan fingerprint density at radius 1 is 0.595 bits per heavy atom. The molecule has 3 heteroatoms. The average molecular weight is 586 g/mol. The number of hydroxylamine groups is 2. The van der Waals surface area contributed by atoms with Gasteiger partial charge in [0.2, 0.25) is 0 Å². The van der Waals surface area contributed by atoms with Crippen molar-refractivity contribution in [2.75, 3.05) is 6.61 Å². The van der Waals surface area contributed by atoms with Crippen LogP contribution in [0.1, 0.15) is 201 Å². The van der Waals surface area contributed by atoms with Crippen molar-refractivity contribution < 1.29 is 9.57 Å². The van der Waals surface area contributed by atoms with E-state index in [0.29, 0.717) is 0 Å². The summed E-state index contributed by atoms with van der Waals surface area (Å²) in [6, 6.07) is 8.55. The molecule has 0 aromatic heterocycles. The Bertz CT molecular complexity index is 755. The molecular formula is C39H71NO2. The summed E-state index contributed by atoms with van der Waals surface area (Å²) in [4.78, 5) is 6.55. The second-order valence-electron chi connectivity index (χ2n) is 14.7. The third-order valence-corrected chi connectivity index (χ3v) is 9.56. The Morgan fingerprint density at radius 3 is 1.38 bits per heavy atom. The van der Waals surface area contributed by atoms with Gasteiger partial charge in [-0.05, 0) is 78.0 Å². The minimum atomic E-state index is 0.0280. The normalized spacial score (nSPS) is 17.4. The molecule has 0 N–H and O–H groups in total. The third kappa shape index (κ3) is 15.6. The maximum Gasteiger partial charge on any atom is 0.119 e. The molecule has 1 heterocycles. The topological polar surface area (TPSA) is 21.7 Å². The van der Waals surface area contributed by atoms with Gasteiger partial charge in [0.1, 0.15) is 11.9 Å². The second kappa shape index (κ2) is 21.6. The highest BCUT2D eigenvalue weighted by Gasteiger charge is 2.43. The Kier molecular flexibility index (Phi) is 19.1. The molecule has 1 fully saturated rings. The molecule has 42 heavy (non-hydrogen) atoms. The zero-order chi connectivity index (χ0) is 30.5. The van der Waals surface area contributed by atoms with E-state index in [-0.39, 0.29) is 17.2 Å². The van der Waals surface area contributed by atoms with Crippen LogP contribution < -0.4 is 4.74 Å². The van der Waals surface area contributed by atoms with E-state index in [1.54, 1.807) is 0 Å². The van der Waals surface area contributed by atoms with Crippen molar-refractivity contribution in [3.05, 3.63) is 29.8 Å². The van der Waals surface area contributed by atoms with E-state index < -0.39 is 0 Å². The van der Waals surface area contributed by atoms with Crippen molar-refractivity contribution in [1.82, 2.24) is 5.06 Å². The molecule has 1 aliphatic heterocycles. The van der Waals surface area contributed by atoms with E-state index in [1.165, 1.54) is 147 Å². The number of piperidine rings is 1. The summed E-state index contributed by atoms with van der Waals surface area (Å²) in [6.45, 7) is 14.5. The molecular weight excluding hydrogens is 514 g/mol. The fourth-order valence-electron chi connectivity index (χ4n) is 6.86. The van der Waals surface area contributed by atoms with E-state index in [1.807, 2.05) is 0 Å². The maximum absolute atomic E-state index is 6.55. The molecule has 1 atom stereocenters. The summed E-state index contributed by atoms with van der Waals surface area (Å²) in [6.07, 6.45) is 32.0. The largest absolute Gasteiger partial charge is 0.494 e. The van der Waals surface area contributed by atoms with Crippen LogP contribution in [0.2, 0.25) is 0 Å². The van der Waals surface area contributed by atoms with Crippen LogP contribution in [0.25, 0.3) is 0 Å². The summed E-state index contributed by atoms with van der Waals surface area (Å²) >= 11 is 0. The minimum Gasteiger partial charge on any atom is -0.494 e. The summed E-state index contributed by atoms with van der Waals surface area (Å²) < 4.78 is 6.04. The zero-order valence-electron chi connectivity index (χ0n) is 29.1. The molecule has 0 spiro atoms. The van der Waals surface area contributed by atoms with E-state index in [0.717, 1.165) is 18.8 Å². The molecule has 0 radical (unpaired) electrons. The maximum atomic E-state index is 6.55. The van der Waals surface area contributed by atoms with Crippen molar-refractivity contribution >= 4 is 0 Å². The van der Waals surface area contributed by atoms with Gasteiger partial charge >= 0.3 is 0 Å². The Morgan fingerprint density at radius 2 is 0.976 bits per heavy atom. The van der Waals surface area contributed by atoms with Gasteiger partial charge in [-0.1, -0.05) is 141 Å². The number of unbranched alkanes of at least 4 members (excludes halogenated alkanes) is 19. The smallest absolute Gasteiger partial charge is 0.119 e. The number of rotatable bonds is 25. The van der Waals surface area contributed by atoms with Gasteiger partial charge in [-0.3, -0.25) is 4.84 Å². The summed E-state index contributed by atoms with van der Waals surface area (Å²) in [5.74, 6) is 0.974. The highest BCUT2D eigenvalue weighted by atomic mass is 16.7. The van der Waals surface area contributed by atoms with Crippen LogP contribution in [0.3, 0.4) is 0 Å². The van der Waals surface area contributed by atoms with E-state index in [2.05, 4.69) is 70.9 Å². The van der Waals surface area contributed by atoms with Crippen LogP contribution in [0.15, 0.2) is 24.3 Å². The quantitative estimate of drug-likeness (QED) is 0.107. The number of nitrogens with zero attached hydrogens (tertiary/aromatic N) is 1. The highest BCUT2D eigenvalue weighted by molar-refractivity contribution is 5.28. The van der Waals surface area contributed by atoms with Crippen LogP contribution >= 0.6 is 0 Å². The summed E-state index contributed by atoms with van der Waals surface area (Å²) in [5, 5.41) is 2.26. The standard InChI is InChI=1S/C39H71NO2/c1-7-8-9-10-11-12-13-14-15-16-17-18-19-20-21-22-23-24-25-26-34-41-37-30-28-36(29-31-37)35(2)42-40-38(3,4)32-27-33-39(40,5)6/h28-31,35H,7-27,32-34H2,1-6H3. The lowest BCUT2D eigenvalue weighted by atomic mass is 9.82. The third-order valence-electron chi connectivity index (χ3n) is 9.56. The second-order valence-corrected chi connectivity index (χ2v) is 14.7. The van der Waals surface area contributed by atoms with Crippen LogP contribution in [0.4, 0.5) is 0 Å². The number of benzene rings is 1. The minimum absolute atomic E-state index is 0.0280. The molecule has 0 amide bonds. The van der Waals surface area contributed by atoms with E-state index >= 15 is 0 Å². The first-order valence-electron chi connectivity index (χ1n) is 18.5. The SMILES string of the molecule is CCCCCCCCCCCCCCCCCCCCCCOc1ccc(C(C)ON2C(C)(C)CCCC2(C)C)cc1. The van der Waals surface area contributed by atoms with Crippen molar-refractivity contribution in [1.29, 1.82) is 0 Å². The van der Waals surface area contributed by atoms with Crippen LogP contribution in [-0.2, 0) is 4.84 Å². The Balaban J connectivity index is 1.40. The first kappa shape index (κ1) is 37.1. The Labute approximate surface area is 262 Å². The van der Waals surface area contributed by atoms with Gasteiger partial charge in [0.05, 0.1) is 6.61 Å². The van der Waals surface area contributed by atoms with Gasteiger partial charge in [-0.2, -0.15) is 5.06 Å². The zero-order valence-corrected chi connectivity index (χ0v) is 29.1. The van der Waals surface area contributed by atoms with Crippen LogP contribution in [-0.4, -0.2) is 22.7 Å². The molecule has 3 nitrogen and oxygen atoms in total. The molecule has 0 aliphatic carbocycles. The van der Waals surface area contributed by atoms with Crippen molar-refractivity contribution in [2.24, 2.45) is 0 Å². The van der Waals surface area contributed by atoms with Gasteiger partial charge in [0, 0.05) is 11.1 Å². The monoisotopic (exact) mass is 586 g/mol. The fraction of sp³-hybridized carbons (Fsp3) is 0.846. The number of ether oxygens (including phenoxy) is 1. The molecule has 2 rings (SSSR count). The molecule has 1 unspecified atom stereocenters. The van der Waals surface area contributed by atoms with Gasteiger partial charge < -0.3 is 4.74 Å². The van der Waals surface area contributed by atoms with Gasteiger partial charge in [0.15, 0.2) is 0 Å². The van der Waals surface area contributed by atoms with E-state index in [9.17, 15) is 0 Å². The molecule has 1 aliphatic rings. The predicted octanol–water partition coefficient (Wildman–Crippen LogP) is 12.9. The first-order valence-corrected chi connectivity index (χ1v) is 18.5. The molecule has 0 saturated carbocycles. The van der Waals surface area contributed by atoms with Crippen molar-refractivity contribution in [2.45, 2.75) is 206 Å². The average Bonchev–Trinajstić information content (AvgIpc) is 2.96. The molecule has 0 bridgehead atoms. The predicted molar refractivity (Wildman–Crippen MR) is 183 cm³/mol. The van der Waals surface area contributed by atoms with E-state index in [4.69, 9.17) is 9.57 Å². The van der Waals surface area contributed by atoms with Gasteiger partial charge in [-0.25, -0.2) is 0 Å². The highest BCUT2D eigenvalue weighted by Crippen LogP contribution is 2.40. The lowest BCUT2D eigenvalue weighted by molar-refractivity contribution is -0.304. The summed E-state index contributed by atoms with van der Waals surface area (Å²) in [5.41, 5.74) is 1.33. The Hall–Kier alpha value is -1.06. The fourth-order valence-corrected chi connectivity index (χ4v) is 6.86. The van der Waals surface area contributed by atoms with Crippen molar-refractivity contribution in [3.8, 4) is 5.75 Å². The number of hydrogen-bond donors (Lipinski definition) is 0. The lowest BCUT2D eigenvalue weighted by Crippen LogP contribution is -2.58. The van der Waals surface area contributed by atoms with Crippen molar-refractivity contribution in [3.63, 3.8) is 0 Å². The molecule has 244 valence electrons. The van der Waals surface area contributed by atoms with Crippen LogP contribution in [0, 0.1) is 0 Å². The van der Waals surface area contributed by atoms with Gasteiger partial charge in [0.25, 0.3) is 0 Å². The van der Waals surface area contributed by atoms with Gasteiger partial charge in [-0.15, -0.1) is 0 Å². The van der Waals surface area contributed by atoms with Crippen LogP contribution in [0.5, 0.6) is 5.75 Å².